The van der Waals surface area contributed by atoms with Crippen molar-refractivity contribution in [3.8, 4) is 11.3 Å². The summed E-state index contributed by atoms with van der Waals surface area (Å²) in [4.78, 5) is 9.53. The lowest BCUT2D eigenvalue weighted by Gasteiger charge is -2.04. The lowest BCUT2D eigenvalue weighted by molar-refractivity contribution is 0.390. The number of nitrogens with one attached hydrogen (secondary N) is 1. The maximum absolute atomic E-state index is 13.0. The fourth-order valence-corrected chi connectivity index (χ4v) is 3.36. The van der Waals surface area contributed by atoms with E-state index in [-0.39, 0.29) is 5.82 Å². The summed E-state index contributed by atoms with van der Waals surface area (Å²) in [6.07, 6.45) is 1.55. The molecule has 0 fully saturated rings. The van der Waals surface area contributed by atoms with E-state index in [0.29, 0.717) is 18.0 Å². The van der Waals surface area contributed by atoms with Crippen LogP contribution in [-0.2, 0) is 6.54 Å². The number of rotatable bonds is 4. The zero-order valence-corrected chi connectivity index (χ0v) is 13.6. The Morgan fingerprint density at radius 2 is 2.04 bits per heavy atom. The van der Waals surface area contributed by atoms with Crippen molar-refractivity contribution in [3.63, 3.8) is 0 Å². The van der Waals surface area contributed by atoms with Crippen LogP contribution in [0.2, 0.25) is 0 Å². The minimum Gasteiger partial charge on any atom is -0.362 e. The Labute approximate surface area is 141 Å². The number of fused-ring (bicyclic) bond motifs is 1. The quantitative estimate of drug-likeness (QED) is 0.596. The van der Waals surface area contributed by atoms with Gasteiger partial charge in [-0.05, 0) is 42.1 Å². The summed E-state index contributed by atoms with van der Waals surface area (Å²) in [5.74, 6) is 1.18. The van der Waals surface area contributed by atoms with Gasteiger partial charge in [-0.2, -0.15) is 0 Å². The van der Waals surface area contributed by atoms with Crippen molar-refractivity contribution < 1.29 is 8.91 Å². The zero-order chi connectivity index (χ0) is 16.5. The first-order chi connectivity index (χ1) is 11.7. The predicted molar refractivity (Wildman–Crippen MR) is 91.4 cm³/mol. The summed E-state index contributed by atoms with van der Waals surface area (Å²) < 4.78 is 18.3. The van der Waals surface area contributed by atoms with Crippen LogP contribution in [0.5, 0.6) is 0 Å². The molecule has 3 heterocycles. The van der Waals surface area contributed by atoms with Gasteiger partial charge in [-0.25, -0.2) is 14.4 Å². The van der Waals surface area contributed by atoms with E-state index < -0.39 is 0 Å². The van der Waals surface area contributed by atoms with Gasteiger partial charge in [0, 0.05) is 11.6 Å². The minimum atomic E-state index is -0.275. The van der Waals surface area contributed by atoms with Crippen molar-refractivity contribution in [1.82, 2.24) is 15.1 Å². The van der Waals surface area contributed by atoms with Gasteiger partial charge in [0.2, 0.25) is 0 Å². The molecule has 7 heteroatoms. The van der Waals surface area contributed by atoms with Crippen LogP contribution in [-0.4, -0.2) is 15.1 Å². The minimum absolute atomic E-state index is 0.275. The summed E-state index contributed by atoms with van der Waals surface area (Å²) >= 11 is 1.59. The molecule has 120 valence electrons. The Morgan fingerprint density at radius 3 is 2.88 bits per heavy atom. The van der Waals surface area contributed by atoms with Gasteiger partial charge >= 0.3 is 0 Å². The number of anilines is 1. The molecule has 0 bridgehead atoms. The maximum Gasteiger partial charge on any atom is 0.156 e. The van der Waals surface area contributed by atoms with Gasteiger partial charge in [0.1, 0.15) is 28.5 Å². The second-order valence-electron chi connectivity index (χ2n) is 5.36. The Hall–Kier alpha value is -2.80. The lowest BCUT2D eigenvalue weighted by atomic mass is 10.1. The molecule has 0 aliphatic carbocycles. The van der Waals surface area contributed by atoms with Gasteiger partial charge in [0.15, 0.2) is 5.76 Å². The van der Waals surface area contributed by atoms with E-state index >= 15 is 0 Å². The van der Waals surface area contributed by atoms with Crippen LogP contribution in [0.1, 0.15) is 11.3 Å². The fourth-order valence-electron chi connectivity index (χ4n) is 2.48. The van der Waals surface area contributed by atoms with Crippen molar-refractivity contribution in [1.29, 1.82) is 0 Å². The largest absolute Gasteiger partial charge is 0.362 e. The molecule has 1 N–H and O–H groups in total. The van der Waals surface area contributed by atoms with Crippen molar-refractivity contribution >= 4 is 27.4 Å². The van der Waals surface area contributed by atoms with Crippen molar-refractivity contribution in [2.24, 2.45) is 0 Å². The van der Waals surface area contributed by atoms with Crippen molar-refractivity contribution in [2.45, 2.75) is 13.5 Å². The Bertz CT molecular complexity index is 993. The average molecular weight is 340 g/mol. The van der Waals surface area contributed by atoms with Gasteiger partial charge in [-0.15, -0.1) is 11.3 Å². The van der Waals surface area contributed by atoms with E-state index in [0.717, 1.165) is 27.2 Å². The zero-order valence-electron chi connectivity index (χ0n) is 12.8. The van der Waals surface area contributed by atoms with E-state index in [4.69, 9.17) is 4.52 Å². The van der Waals surface area contributed by atoms with E-state index in [2.05, 4.69) is 25.8 Å². The second-order valence-corrected chi connectivity index (χ2v) is 6.22. The summed E-state index contributed by atoms with van der Waals surface area (Å²) in [5, 5.41) is 10.4. The molecule has 4 rings (SSSR count). The van der Waals surface area contributed by atoms with Crippen molar-refractivity contribution in [3.05, 3.63) is 59.2 Å². The van der Waals surface area contributed by atoms with Crippen LogP contribution in [0.15, 0.2) is 46.6 Å². The van der Waals surface area contributed by atoms with Gasteiger partial charge in [-0.3, -0.25) is 0 Å². The first-order valence-electron chi connectivity index (χ1n) is 7.35. The Morgan fingerprint density at radius 1 is 1.21 bits per heavy atom. The van der Waals surface area contributed by atoms with Gasteiger partial charge < -0.3 is 9.84 Å². The third-order valence-corrected chi connectivity index (χ3v) is 4.69. The van der Waals surface area contributed by atoms with Crippen LogP contribution in [0.25, 0.3) is 21.5 Å². The average Bonchev–Trinajstić information content (AvgIpc) is 3.21. The SMILES string of the molecule is Cc1csc2ncnc(NCc3cc(-c4ccc(F)cc4)no3)c12. The van der Waals surface area contributed by atoms with E-state index in [9.17, 15) is 4.39 Å². The topological polar surface area (TPSA) is 63.8 Å². The van der Waals surface area contributed by atoms with Gasteiger partial charge in [-0.1, -0.05) is 5.16 Å². The molecule has 0 atom stereocenters. The third kappa shape index (κ3) is 2.74. The highest BCUT2D eigenvalue weighted by molar-refractivity contribution is 7.17. The molecule has 0 amide bonds. The number of hydrogen-bond acceptors (Lipinski definition) is 6. The monoisotopic (exact) mass is 340 g/mol. The van der Waals surface area contributed by atoms with E-state index in [1.165, 1.54) is 12.1 Å². The molecule has 1 aromatic carbocycles. The van der Waals surface area contributed by atoms with Crippen LogP contribution < -0.4 is 5.32 Å². The number of halogens is 1. The number of thiophene rings is 1. The molecular weight excluding hydrogens is 327 g/mol. The molecular formula is C17H13FN4OS. The number of nitrogens with zero attached hydrogens (tertiary/aromatic N) is 3. The van der Waals surface area contributed by atoms with Crippen LogP contribution in [0.4, 0.5) is 10.2 Å². The van der Waals surface area contributed by atoms with E-state index in [1.807, 2.05) is 13.0 Å². The molecule has 0 radical (unpaired) electrons. The summed E-state index contributed by atoms with van der Waals surface area (Å²) in [6, 6.07) is 7.98. The Kier molecular flexibility index (Phi) is 3.70. The molecule has 0 saturated carbocycles. The highest BCUT2D eigenvalue weighted by Gasteiger charge is 2.11. The standard InChI is InChI=1S/C17H13FN4OS/c1-10-8-24-17-15(10)16(20-9-21-17)19-7-13-6-14(22-23-13)11-2-4-12(18)5-3-11/h2-6,8-9H,7H2,1H3,(H,19,20,21). The molecule has 0 spiro atoms. The smallest absolute Gasteiger partial charge is 0.156 e. The first-order valence-corrected chi connectivity index (χ1v) is 8.23. The number of hydrogen-bond donors (Lipinski definition) is 1. The maximum atomic E-state index is 13.0. The molecule has 0 unspecified atom stereocenters. The third-order valence-electron chi connectivity index (χ3n) is 3.68. The van der Waals surface area contributed by atoms with Crippen LogP contribution in [0, 0.1) is 12.7 Å². The fraction of sp³-hybridized carbons (Fsp3) is 0.118. The first kappa shape index (κ1) is 14.8. The predicted octanol–water partition coefficient (Wildman–Crippen LogP) is 4.41. The number of aromatic nitrogens is 3. The summed E-state index contributed by atoms with van der Waals surface area (Å²) in [6.45, 7) is 2.49. The molecule has 3 aromatic heterocycles. The molecule has 0 aliphatic rings. The lowest BCUT2D eigenvalue weighted by Crippen LogP contribution is -2.01. The number of benzene rings is 1. The molecule has 5 nitrogen and oxygen atoms in total. The molecule has 0 aliphatic heterocycles. The Balaban J connectivity index is 1.54. The normalized spacial score (nSPS) is 11.1. The van der Waals surface area contributed by atoms with E-state index in [1.54, 1.807) is 29.8 Å². The van der Waals surface area contributed by atoms with Crippen LogP contribution in [0.3, 0.4) is 0 Å². The summed E-state index contributed by atoms with van der Waals surface area (Å²) in [7, 11) is 0. The van der Waals surface area contributed by atoms with Gasteiger partial charge in [0.05, 0.1) is 11.9 Å². The second kappa shape index (κ2) is 6.01. The number of aryl methyl sites for hydroxylation is 1. The molecule has 4 aromatic rings. The summed E-state index contributed by atoms with van der Waals surface area (Å²) in [5.41, 5.74) is 2.62. The van der Waals surface area contributed by atoms with Crippen molar-refractivity contribution in [2.75, 3.05) is 5.32 Å². The van der Waals surface area contributed by atoms with Crippen LogP contribution >= 0.6 is 11.3 Å². The molecule has 24 heavy (non-hydrogen) atoms. The highest BCUT2D eigenvalue weighted by Crippen LogP contribution is 2.28. The highest BCUT2D eigenvalue weighted by atomic mass is 32.1. The van der Waals surface area contributed by atoms with Gasteiger partial charge in [0.25, 0.3) is 0 Å². The molecule has 0 saturated heterocycles.